The molecule has 0 aromatic carbocycles. The summed E-state index contributed by atoms with van der Waals surface area (Å²) in [6.07, 6.45) is 4.39. The van der Waals surface area contributed by atoms with Gasteiger partial charge in [-0.05, 0) is 13.0 Å². The topological polar surface area (TPSA) is 146 Å². The molecule has 3 N–H and O–H groups in total. The average Bonchev–Trinajstić information content (AvgIpc) is 3.14. The third kappa shape index (κ3) is 3.76. The van der Waals surface area contributed by atoms with Crippen LogP contribution in [0.1, 0.15) is 12.5 Å². The van der Waals surface area contributed by atoms with Crippen LogP contribution in [0.3, 0.4) is 0 Å². The van der Waals surface area contributed by atoms with Crippen LogP contribution in [0.25, 0.3) is 11.7 Å². The van der Waals surface area contributed by atoms with E-state index in [1.807, 2.05) is 6.92 Å². The number of imide groups is 1. The van der Waals surface area contributed by atoms with E-state index in [1.54, 1.807) is 0 Å². The predicted molar refractivity (Wildman–Crippen MR) is 92.7 cm³/mol. The predicted octanol–water partition coefficient (Wildman–Crippen LogP) is -0.510. The van der Waals surface area contributed by atoms with Gasteiger partial charge in [0.25, 0.3) is 5.91 Å². The average molecular weight is 379 g/mol. The van der Waals surface area contributed by atoms with Gasteiger partial charge in [0.2, 0.25) is 5.95 Å². The molecule has 3 rings (SSSR count). The van der Waals surface area contributed by atoms with E-state index in [2.05, 4.69) is 31.0 Å². The Morgan fingerprint density at radius 1 is 1.38 bits per heavy atom. The highest BCUT2D eigenvalue weighted by atomic mass is 32.2. The van der Waals surface area contributed by atoms with Crippen molar-refractivity contribution in [2.24, 2.45) is 0 Å². The van der Waals surface area contributed by atoms with Gasteiger partial charge in [0.15, 0.2) is 5.65 Å². The van der Waals surface area contributed by atoms with E-state index in [0.717, 1.165) is 0 Å². The van der Waals surface area contributed by atoms with Gasteiger partial charge in [0, 0.05) is 29.9 Å². The molecule has 0 bridgehead atoms. The van der Waals surface area contributed by atoms with Gasteiger partial charge in [-0.3, -0.25) is 10.1 Å². The van der Waals surface area contributed by atoms with Crippen LogP contribution in [0.4, 0.5) is 10.7 Å². The van der Waals surface area contributed by atoms with Gasteiger partial charge in [0.05, 0.1) is 12.8 Å². The zero-order chi connectivity index (χ0) is 18.7. The third-order valence-electron chi connectivity index (χ3n) is 3.39. The lowest BCUT2D eigenvalue weighted by Crippen LogP contribution is -2.22. The molecule has 1 atom stereocenters. The number of aromatic nitrogens is 4. The fraction of sp³-hybridized carbons (Fsp3) is 0.357. The fourth-order valence-electron chi connectivity index (χ4n) is 2.24. The molecule has 1 saturated heterocycles. The number of fused-ring (bicyclic) bond motifs is 1. The summed E-state index contributed by atoms with van der Waals surface area (Å²) in [4.78, 5) is 31.4. The van der Waals surface area contributed by atoms with Crippen LogP contribution >= 0.6 is 0 Å². The van der Waals surface area contributed by atoms with Gasteiger partial charge >= 0.3 is 11.2 Å². The van der Waals surface area contributed by atoms with Crippen molar-refractivity contribution < 1.29 is 18.9 Å². The lowest BCUT2D eigenvalue weighted by molar-refractivity contribution is -0.115. The van der Waals surface area contributed by atoms with Crippen molar-refractivity contribution in [3.63, 3.8) is 0 Å². The number of anilines is 1. The first-order chi connectivity index (χ1) is 12.5. The maximum atomic E-state index is 11.9. The number of amides is 3. The molecule has 1 unspecified atom stereocenters. The molecule has 3 heterocycles. The summed E-state index contributed by atoms with van der Waals surface area (Å²) in [6.45, 7) is 3.44. The Labute approximate surface area is 151 Å². The lowest BCUT2D eigenvalue weighted by Gasteiger charge is -2.09. The summed E-state index contributed by atoms with van der Waals surface area (Å²) in [6, 6.07) is -0.596. The van der Waals surface area contributed by atoms with Crippen molar-refractivity contribution >= 4 is 40.8 Å². The highest BCUT2D eigenvalue weighted by Gasteiger charge is 2.24. The minimum Gasteiger partial charge on any atom is -0.609 e. The van der Waals surface area contributed by atoms with Gasteiger partial charge in [-0.15, -0.1) is 4.98 Å². The number of nitrogens with one attached hydrogen (secondary N) is 3. The third-order valence-corrected chi connectivity index (χ3v) is 4.08. The molecule has 0 spiro atoms. The second-order valence-electron chi connectivity index (χ2n) is 5.21. The van der Waals surface area contributed by atoms with E-state index in [-0.39, 0.29) is 10.9 Å². The second-order valence-corrected chi connectivity index (χ2v) is 6.48. The van der Waals surface area contributed by atoms with Crippen molar-refractivity contribution in [3.8, 4) is 0 Å². The minimum absolute atomic E-state index is 0.0774. The summed E-state index contributed by atoms with van der Waals surface area (Å²) in [5, 5.41) is 11.9. The molecule has 2 aromatic heterocycles. The Morgan fingerprint density at radius 2 is 2.19 bits per heavy atom. The zero-order valence-electron chi connectivity index (χ0n) is 14.1. The maximum absolute atomic E-state index is 11.9. The molecular weight excluding hydrogens is 362 g/mol. The zero-order valence-corrected chi connectivity index (χ0v) is 14.9. The van der Waals surface area contributed by atoms with Crippen LogP contribution in [-0.4, -0.2) is 62.1 Å². The molecule has 138 valence electrons. The summed E-state index contributed by atoms with van der Waals surface area (Å²) >= 11 is -1.42. The number of carbonyl (C=O) groups is 2. The molecule has 11 nitrogen and oxygen atoms in total. The summed E-state index contributed by atoms with van der Waals surface area (Å²) < 4.78 is 18.6. The first-order valence-electron chi connectivity index (χ1n) is 7.74. The van der Waals surface area contributed by atoms with Gasteiger partial charge in [-0.2, -0.15) is 14.6 Å². The SMILES string of the molecule is CCOCCNc1nc([S+](C)[O-])nc2c(/C=C3\NC(=O)NC3=O)cnn12. The minimum atomic E-state index is -1.42. The van der Waals surface area contributed by atoms with E-state index in [4.69, 9.17) is 4.74 Å². The highest BCUT2D eigenvalue weighted by molar-refractivity contribution is 7.90. The Bertz CT molecular complexity index is 880. The van der Waals surface area contributed by atoms with Gasteiger partial charge in [-0.25, -0.2) is 4.79 Å². The van der Waals surface area contributed by atoms with Crippen LogP contribution < -0.4 is 16.0 Å². The van der Waals surface area contributed by atoms with Crippen LogP contribution in [0.15, 0.2) is 17.1 Å². The number of hydrogen-bond donors (Lipinski definition) is 3. The molecule has 12 heteroatoms. The van der Waals surface area contributed by atoms with Crippen LogP contribution in [0.2, 0.25) is 0 Å². The van der Waals surface area contributed by atoms with Crippen LogP contribution in [0, 0.1) is 0 Å². The molecular formula is C14H17N7O4S. The monoisotopic (exact) mass is 379 g/mol. The Kier molecular flexibility index (Phi) is 5.35. The van der Waals surface area contributed by atoms with E-state index in [9.17, 15) is 14.1 Å². The number of nitrogens with zero attached hydrogens (tertiary/aromatic N) is 4. The quantitative estimate of drug-likeness (QED) is 0.252. The first-order valence-corrected chi connectivity index (χ1v) is 9.30. The summed E-state index contributed by atoms with van der Waals surface area (Å²) in [5.74, 6) is -0.192. The van der Waals surface area contributed by atoms with E-state index in [1.165, 1.54) is 23.0 Å². The number of carbonyl (C=O) groups excluding carboxylic acids is 2. The number of rotatable bonds is 7. The number of urea groups is 1. The van der Waals surface area contributed by atoms with Crippen molar-refractivity contribution in [2.45, 2.75) is 12.1 Å². The van der Waals surface area contributed by atoms with Crippen molar-refractivity contribution in [1.29, 1.82) is 0 Å². The molecule has 1 aliphatic heterocycles. The standard InChI is InChI=1S/C14H17N7O4S/c1-3-25-5-4-15-12-20-14(26(2)24)18-10-8(7-16-21(10)12)6-9-11(22)19-13(23)17-9/h6-7H,3-5H2,1-2H3,(H,15,18,20)(H2,17,19,22,23)/b9-6-. The lowest BCUT2D eigenvalue weighted by atomic mass is 10.2. The fourth-order valence-corrected chi connectivity index (χ4v) is 2.67. The summed E-state index contributed by atoms with van der Waals surface area (Å²) in [7, 11) is 0. The Hall–Kier alpha value is -2.70. The first kappa shape index (κ1) is 18.1. The van der Waals surface area contributed by atoms with Gasteiger partial charge < -0.3 is 19.9 Å². The molecule has 1 aliphatic rings. The maximum Gasteiger partial charge on any atom is 0.347 e. The molecule has 0 radical (unpaired) electrons. The van der Waals surface area contributed by atoms with Crippen LogP contribution in [-0.2, 0) is 20.7 Å². The number of hydrogen-bond acceptors (Lipinski definition) is 8. The molecule has 1 fully saturated rings. The Balaban J connectivity index is 1.98. The van der Waals surface area contributed by atoms with E-state index < -0.39 is 23.1 Å². The smallest absolute Gasteiger partial charge is 0.347 e. The van der Waals surface area contributed by atoms with Crippen molar-refractivity contribution in [2.75, 3.05) is 31.3 Å². The number of ether oxygens (including phenoxy) is 1. The normalized spacial score (nSPS) is 16.8. The molecule has 3 amide bonds. The second kappa shape index (κ2) is 7.68. The molecule has 0 saturated carbocycles. The van der Waals surface area contributed by atoms with E-state index >= 15 is 0 Å². The summed E-state index contributed by atoms with van der Waals surface area (Å²) in [5.41, 5.74) is 0.901. The molecule has 26 heavy (non-hydrogen) atoms. The Morgan fingerprint density at radius 3 is 2.85 bits per heavy atom. The molecule has 0 aliphatic carbocycles. The molecule has 2 aromatic rings. The van der Waals surface area contributed by atoms with Crippen molar-refractivity contribution in [1.82, 2.24) is 30.2 Å². The largest absolute Gasteiger partial charge is 0.609 e. The van der Waals surface area contributed by atoms with Crippen molar-refractivity contribution in [3.05, 3.63) is 17.5 Å². The van der Waals surface area contributed by atoms with Gasteiger partial charge in [0.1, 0.15) is 12.0 Å². The van der Waals surface area contributed by atoms with E-state index in [0.29, 0.717) is 36.9 Å². The van der Waals surface area contributed by atoms with Gasteiger partial charge in [-0.1, -0.05) is 0 Å². The van der Waals surface area contributed by atoms with Crippen LogP contribution in [0.5, 0.6) is 0 Å². The highest BCUT2D eigenvalue weighted by Crippen LogP contribution is 2.18.